The third-order valence-electron chi connectivity index (χ3n) is 21.1. The molecule has 0 aromatic carbocycles. The Labute approximate surface area is 619 Å². The predicted molar refractivity (Wildman–Crippen MR) is 327 cm³/mol. The van der Waals surface area contributed by atoms with Crippen molar-refractivity contribution in [2.75, 3.05) is 59.5 Å². The minimum Gasteiger partial charge on any atom is -0.394 e. The number of nitrogens with one attached hydrogen (secondary N) is 1. The molecule has 14 bridgehead atoms. The van der Waals surface area contributed by atoms with Crippen molar-refractivity contribution < 1.29 is 243 Å². The molecule has 0 aliphatic carbocycles. The average Bonchev–Trinajstić information content (AvgIpc) is 0.777. The number of hydrogen-bond donors (Lipinski definition) is 30. The summed E-state index contributed by atoms with van der Waals surface area (Å²) < 4.78 is 109. The molecule has 0 saturated carbocycles. The molecule has 24 fully saturated rings. The Balaban J connectivity index is 0.848. The van der Waals surface area contributed by atoms with Crippen molar-refractivity contribution in [3.8, 4) is 0 Å². The minimum absolute atomic E-state index is 0.689. The van der Waals surface area contributed by atoms with Crippen LogP contribution in [0.25, 0.3) is 0 Å². The van der Waals surface area contributed by atoms with Gasteiger partial charge in [0, 0.05) is 6.42 Å². The molecule has 0 aromatic heterocycles. The van der Waals surface area contributed by atoms with Gasteiger partial charge in [-0.05, 0) is 0 Å². The first-order chi connectivity index (χ1) is 52.3. The summed E-state index contributed by atoms with van der Waals surface area (Å²) in [5.41, 5.74) is 0. The van der Waals surface area contributed by atoms with Crippen molar-refractivity contribution in [2.45, 2.75) is 307 Å². The molecule has 24 heterocycles. The quantitative estimate of drug-likeness (QED) is 0.0724. The summed E-state index contributed by atoms with van der Waals surface area (Å²) in [6, 6.07) is -1.85. The maximum absolute atomic E-state index is 13.5. The van der Waals surface area contributed by atoms with Gasteiger partial charge in [0.05, 0.1) is 65.6 Å². The van der Waals surface area contributed by atoms with Crippen LogP contribution in [-0.2, 0) is 94.8 Å². The molecule has 0 aromatic rings. The fourth-order valence-electron chi connectivity index (χ4n) is 14.7. The molecule has 24 aliphatic heterocycles. The molecule has 50 heteroatoms. The van der Waals surface area contributed by atoms with Gasteiger partial charge >= 0.3 is 0 Å². The standard InChI is InChI=1S/C60H99NO49/c62-2-13-12(94-53-34(82)25(73)26(74)49(110-53)50(90)61-22-24(72)23(71)14(3-63)93-51(22)91)1-11(70)52(95-13)92-10-21-48-33(81)41(89)60(102-21)108-47-20(9-69)100-58(39(87)31(47)79)106-45-18(7-67)98-56(37(85)29(45)77)104-43-16(5-65)96-54(35(83)27(43)75)103-42-15(4-64)97-55(36(84)28(42)76)105-44-17(6-66)99-57(38(86)30(44)78)107-46-19(8-68)101-59(109-48)40(88)32(46)80/h11-49,51-60,62-89,91H,1-10H2,(H,61,90)/t11-,12+,13-,14-,15-,16-,17-,18-,19-,20-,21-,22-,23+,24-,25+,26+,27-,28-,29-,30-,31+,32-,33-,34-,35-,36-,37+,38-,39+,40-,41-,42-,43-,44-,45-,46-,47-,48-,49+,51+,52+,53?,54-,55-,56-,57-,58?,59-,60-/m1/s1. The van der Waals surface area contributed by atoms with E-state index in [0.717, 1.165) is 0 Å². The SMILES string of the molecule is O=C(N[C@@H]1[C@@H](O)[C@@H](O)[C@@H](CO)O[C@@H]1O)[C@H]1OC(O[C@H]2C[C@@H](O)[C@@H](OC[C@H]3O[C@@H]4O[C@H]5[C@@H](O)[C@H](O)C(O[C@H]6[C@H](O)[C@H](O)[C@@H](O[C@H]7[C@H](O)[C@@H](O)[C@@H](O[C@H]8[C@H](O)[C@@H](O)[C@@H](O[C@H]9[C@H](O)[C@@H](O)[C@@H](O[C@H]%10[C@H](O)[C@@H](O)[C@@H](O[C@H]3[C@H](O)[C@H]4O)O[C@@H]%10CO)O[C@@H]9CO)O[C@@H]8CO)O[C@@H]7CO)O[C@@H]6CO)O[C@@H]5CO)O[C@@H]2CO)[C@H](O)[C@@H](O)[C@@H]1O. The van der Waals surface area contributed by atoms with Gasteiger partial charge in [-0.15, -0.1) is 0 Å². The highest BCUT2D eigenvalue weighted by Crippen LogP contribution is 2.41. The number of carbonyl (C=O) groups excluding carboxylic acids is 1. The van der Waals surface area contributed by atoms with Crippen LogP contribution in [-0.4, -0.2) is 514 Å². The van der Waals surface area contributed by atoms with Crippen molar-refractivity contribution in [1.82, 2.24) is 5.32 Å². The van der Waals surface area contributed by atoms with E-state index in [-0.39, 0.29) is 0 Å². The summed E-state index contributed by atoms with van der Waals surface area (Å²) in [7, 11) is 0. The molecule has 24 aliphatic rings. The first kappa shape index (κ1) is 88.4. The fraction of sp³-hybridized carbons (Fsp3) is 0.983. The van der Waals surface area contributed by atoms with E-state index in [1.54, 1.807) is 0 Å². The molecule has 638 valence electrons. The summed E-state index contributed by atoms with van der Waals surface area (Å²) in [5, 5.41) is 324. The number of ether oxygens (including phenoxy) is 19. The molecule has 110 heavy (non-hydrogen) atoms. The van der Waals surface area contributed by atoms with Gasteiger partial charge in [0.25, 0.3) is 5.91 Å². The largest absolute Gasteiger partial charge is 0.394 e. The summed E-state index contributed by atoms with van der Waals surface area (Å²) in [6.07, 6.45) is -102. The highest BCUT2D eigenvalue weighted by molar-refractivity contribution is 5.82. The maximum atomic E-state index is 13.5. The van der Waals surface area contributed by atoms with Crippen molar-refractivity contribution in [3.05, 3.63) is 0 Å². The lowest BCUT2D eigenvalue weighted by atomic mass is 9.95. The Morgan fingerprint density at radius 3 is 0.864 bits per heavy atom. The topological polar surface area (TPSA) is 791 Å². The smallest absolute Gasteiger partial charge is 0.252 e. The Morgan fingerprint density at radius 1 is 0.273 bits per heavy atom. The number of aliphatic hydroxyl groups excluding tert-OH is 29. The van der Waals surface area contributed by atoms with E-state index >= 15 is 0 Å². The van der Waals surface area contributed by atoms with Gasteiger partial charge in [0.2, 0.25) is 0 Å². The second-order valence-electron chi connectivity index (χ2n) is 28.2. The number of carbonyl (C=O) groups is 1. The van der Waals surface area contributed by atoms with Crippen LogP contribution < -0.4 is 5.32 Å². The number of rotatable bonds is 15. The molecule has 24 rings (SSSR count). The lowest BCUT2D eigenvalue weighted by Crippen LogP contribution is -2.68. The van der Waals surface area contributed by atoms with E-state index in [4.69, 9.17) is 90.0 Å². The van der Waals surface area contributed by atoms with Gasteiger partial charge in [-0.3, -0.25) is 4.79 Å². The maximum Gasteiger partial charge on any atom is 0.252 e. The summed E-state index contributed by atoms with van der Waals surface area (Å²) >= 11 is 0. The minimum atomic E-state index is -2.45. The number of aliphatic hydroxyl groups is 29. The van der Waals surface area contributed by atoms with Crippen LogP contribution >= 0.6 is 0 Å². The van der Waals surface area contributed by atoms with E-state index in [1.807, 2.05) is 0 Å². The monoisotopic (exact) mass is 1620 g/mol. The van der Waals surface area contributed by atoms with Crippen molar-refractivity contribution in [2.24, 2.45) is 0 Å². The van der Waals surface area contributed by atoms with E-state index in [1.165, 1.54) is 0 Å². The second kappa shape index (κ2) is 37.7. The van der Waals surface area contributed by atoms with Gasteiger partial charge in [-0.2, -0.15) is 0 Å². The number of hydrogen-bond acceptors (Lipinski definition) is 49. The van der Waals surface area contributed by atoms with Crippen molar-refractivity contribution in [1.29, 1.82) is 0 Å². The van der Waals surface area contributed by atoms with Crippen LogP contribution in [0.15, 0.2) is 0 Å². The van der Waals surface area contributed by atoms with Crippen LogP contribution in [0.3, 0.4) is 0 Å². The molecule has 30 N–H and O–H groups in total. The first-order valence-corrected chi connectivity index (χ1v) is 35.2. The van der Waals surface area contributed by atoms with Gasteiger partial charge in [-0.1, -0.05) is 0 Å². The highest BCUT2D eigenvalue weighted by atomic mass is 16.8. The van der Waals surface area contributed by atoms with E-state index < -0.39 is 373 Å². The Kier molecular flexibility index (Phi) is 30.2. The van der Waals surface area contributed by atoms with Gasteiger partial charge in [-0.25, -0.2) is 0 Å². The summed E-state index contributed by atoms with van der Waals surface area (Å²) in [5.74, 6) is -1.40. The summed E-state index contributed by atoms with van der Waals surface area (Å²) in [6.45, 7) is -9.87. The van der Waals surface area contributed by atoms with Crippen LogP contribution in [0.4, 0.5) is 0 Å². The predicted octanol–water partition coefficient (Wildman–Crippen LogP) is -21.6. The Hall–Kier alpha value is -2.45. The molecule has 24 saturated heterocycles. The van der Waals surface area contributed by atoms with E-state index in [2.05, 4.69) is 5.32 Å². The molecule has 49 atom stereocenters. The normalized spacial score (nSPS) is 54.3. The molecule has 2 unspecified atom stereocenters. The van der Waals surface area contributed by atoms with E-state index in [0.29, 0.717) is 0 Å². The lowest BCUT2D eigenvalue weighted by molar-refractivity contribution is -0.399. The zero-order valence-electron chi connectivity index (χ0n) is 57.5. The van der Waals surface area contributed by atoms with Gasteiger partial charge in [0.15, 0.2) is 69.0 Å². The van der Waals surface area contributed by atoms with Crippen molar-refractivity contribution >= 4 is 5.91 Å². The highest BCUT2D eigenvalue weighted by Gasteiger charge is 2.61. The zero-order valence-corrected chi connectivity index (χ0v) is 57.5. The molecule has 1 amide bonds. The third-order valence-corrected chi connectivity index (χ3v) is 21.1. The van der Waals surface area contributed by atoms with Crippen LogP contribution in [0.2, 0.25) is 0 Å². The van der Waals surface area contributed by atoms with Crippen LogP contribution in [0.1, 0.15) is 6.42 Å². The van der Waals surface area contributed by atoms with Crippen LogP contribution in [0, 0.1) is 0 Å². The summed E-state index contributed by atoms with van der Waals surface area (Å²) in [4.78, 5) is 13.5. The van der Waals surface area contributed by atoms with Crippen LogP contribution in [0.5, 0.6) is 0 Å². The molecular formula is C60H99NO49. The van der Waals surface area contributed by atoms with Gasteiger partial charge < -0.3 is 243 Å². The number of amides is 1. The second-order valence-corrected chi connectivity index (χ2v) is 28.2. The Morgan fingerprint density at radius 2 is 0.564 bits per heavy atom. The molecule has 50 nitrogen and oxygen atoms in total. The first-order valence-electron chi connectivity index (χ1n) is 35.2. The average molecular weight is 1620 g/mol. The third kappa shape index (κ3) is 17.8. The molecule has 0 spiro atoms. The molecule has 0 radical (unpaired) electrons. The zero-order chi connectivity index (χ0) is 80.1. The van der Waals surface area contributed by atoms with Crippen molar-refractivity contribution in [3.63, 3.8) is 0 Å². The van der Waals surface area contributed by atoms with Gasteiger partial charge in [0.1, 0.15) is 226 Å². The molecular weight excluding hydrogens is 1520 g/mol. The van der Waals surface area contributed by atoms with E-state index in [9.17, 15) is 153 Å². The Bertz CT molecular complexity index is 2850. The lowest BCUT2D eigenvalue weighted by Gasteiger charge is -2.50. The fourth-order valence-corrected chi connectivity index (χ4v) is 14.7.